The SMILES string of the molecule is COc1cccc(S(=O)(=O)N2CCN(c3cc4c(nn3)CCC4)CC2)c1. The summed E-state index contributed by atoms with van der Waals surface area (Å²) in [5, 5.41) is 8.66. The van der Waals surface area contributed by atoms with Gasteiger partial charge in [0.2, 0.25) is 10.0 Å². The van der Waals surface area contributed by atoms with Crippen molar-refractivity contribution in [3.05, 3.63) is 41.6 Å². The van der Waals surface area contributed by atoms with Crippen LogP contribution in [0.25, 0.3) is 0 Å². The van der Waals surface area contributed by atoms with Gasteiger partial charge in [0.05, 0.1) is 17.7 Å². The molecule has 1 aromatic heterocycles. The zero-order valence-electron chi connectivity index (χ0n) is 14.8. The number of hydrogen-bond donors (Lipinski definition) is 0. The Labute approximate surface area is 153 Å². The van der Waals surface area contributed by atoms with E-state index in [1.54, 1.807) is 24.3 Å². The van der Waals surface area contributed by atoms with Gasteiger partial charge >= 0.3 is 0 Å². The van der Waals surface area contributed by atoms with E-state index in [9.17, 15) is 8.42 Å². The van der Waals surface area contributed by atoms with Crippen molar-refractivity contribution in [2.75, 3.05) is 38.2 Å². The number of sulfonamides is 1. The zero-order chi connectivity index (χ0) is 18.1. The predicted molar refractivity (Wildman–Crippen MR) is 98.0 cm³/mol. The number of aryl methyl sites for hydroxylation is 2. The number of ether oxygens (including phenoxy) is 1. The highest BCUT2D eigenvalue weighted by molar-refractivity contribution is 7.89. The van der Waals surface area contributed by atoms with Crippen molar-refractivity contribution in [3.8, 4) is 5.75 Å². The van der Waals surface area contributed by atoms with Gasteiger partial charge in [-0.25, -0.2) is 8.42 Å². The van der Waals surface area contributed by atoms with E-state index < -0.39 is 10.0 Å². The third-order valence-corrected chi connectivity index (χ3v) is 6.94. The molecule has 2 aromatic rings. The molecule has 0 spiro atoms. The first-order chi connectivity index (χ1) is 12.6. The van der Waals surface area contributed by atoms with Crippen molar-refractivity contribution in [2.45, 2.75) is 24.2 Å². The number of anilines is 1. The Hall–Kier alpha value is -2.19. The van der Waals surface area contributed by atoms with Crippen molar-refractivity contribution < 1.29 is 13.2 Å². The molecule has 0 atom stereocenters. The minimum Gasteiger partial charge on any atom is -0.497 e. The van der Waals surface area contributed by atoms with Gasteiger partial charge in [0, 0.05) is 32.2 Å². The fraction of sp³-hybridized carbons (Fsp3) is 0.444. The second kappa shape index (κ2) is 6.85. The molecule has 1 aliphatic carbocycles. The van der Waals surface area contributed by atoms with Crippen LogP contribution in [0.2, 0.25) is 0 Å². The van der Waals surface area contributed by atoms with Gasteiger partial charge in [0.1, 0.15) is 5.75 Å². The topological polar surface area (TPSA) is 75.6 Å². The summed E-state index contributed by atoms with van der Waals surface area (Å²) in [6.07, 6.45) is 3.21. The molecule has 7 nitrogen and oxygen atoms in total. The summed E-state index contributed by atoms with van der Waals surface area (Å²) in [6, 6.07) is 8.72. The van der Waals surface area contributed by atoms with E-state index in [4.69, 9.17) is 4.74 Å². The highest BCUT2D eigenvalue weighted by Gasteiger charge is 2.29. The molecule has 0 amide bonds. The molecular weight excluding hydrogens is 352 g/mol. The molecule has 138 valence electrons. The molecule has 1 aromatic carbocycles. The van der Waals surface area contributed by atoms with Crippen molar-refractivity contribution in [1.82, 2.24) is 14.5 Å². The molecule has 8 heteroatoms. The average molecular weight is 374 g/mol. The number of nitrogens with zero attached hydrogens (tertiary/aromatic N) is 4. The third-order valence-electron chi connectivity index (χ3n) is 5.05. The molecule has 1 fully saturated rings. The highest BCUT2D eigenvalue weighted by atomic mass is 32.2. The standard InChI is InChI=1S/C18H22N4O3S/c1-25-15-5-3-6-16(13-15)26(23,24)22-10-8-21(9-11-22)18-12-14-4-2-7-17(14)19-20-18/h3,5-6,12-13H,2,4,7-11H2,1H3. The molecule has 4 rings (SSSR count). The van der Waals surface area contributed by atoms with Crippen LogP contribution in [0, 0.1) is 0 Å². The minimum absolute atomic E-state index is 0.266. The monoisotopic (exact) mass is 374 g/mol. The molecule has 0 N–H and O–H groups in total. The Morgan fingerprint density at radius 2 is 1.85 bits per heavy atom. The Kier molecular flexibility index (Phi) is 4.54. The quantitative estimate of drug-likeness (QED) is 0.807. The first kappa shape index (κ1) is 17.2. The number of fused-ring (bicyclic) bond motifs is 1. The lowest BCUT2D eigenvalue weighted by Gasteiger charge is -2.34. The Balaban J connectivity index is 1.47. The molecule has 0 unspecified atom stereocenters. The van der Waals surface area contributed by atoms with E-state index in [1.807, 2.05) is 0 Å². The highest BCUT2D eigenvalue weighted by Crippen LogP contribution is 2.25. The maximum Gasteiger partial charge on any atom is 0.243 e. The first-order valence-electron chi connectivity index (χ1n) is 8.82. The number of rotatable bonds is 4. The summed E-state index contributed by atoms with van der Waals surface area (Å²) in [7, 11) is -1.99. The van der Waals surface area contributed by atoms with Crippen molar-refractivity contribution in [2.24, 2.45) is 0 Å². The Morgan fingerprint density at radius 1 is 1.04 bits per heavy atom. The van der Waals surface area contributed by atoms with E-state index >= 15 is 0 Å². The number of benzene rings is 1. The van der Waals surface area contributed by atoms with Crippen molar-refractivity contribution in [3.63, 3.8) is 0 Å². The van der Waals surface area contributed by atoms with Crippen LogP contribution in [0.15, 0.2) is 35.2 Å². The van der Waals surface area contributed by atoms with Crippen LogP contribution in [0.4, 0.5) is 5.82 Å². The molecule has 1 saturated heterocycles. The lowest BCUT2D eigenvalue weighted by Crippen LogP contribution is -2.49. The third kappa shape index (κ3) is 3.14. The van der Waals surface area contributed by atoms with Crippen LogP contribution in [0.1, 0.15) is 17.7 Å². The maximum absolute atomic E-state index is 12.9. The van der Waals surface area contributed by atoms with Gasteiger partial charge in [-0.3, -0.25) is 0 Å². The lowest BCUT2D eigenvalue weighted by molar-refractivity contribution is 0.382. The zero-order valence-corrected chi connectivity index (χ0v) is 15.6. The molecular formula is C18H22N4O3S. The number of hydrogen-bond acceptors (Lipinski definition) is 6. The van der Waals surface area contributed by atoms with Crippen molar-refractivity contribution >= 4 is 15.8 Å². The molecule has 2 heterocycles. The molecule has 0 saturated carbocycles. The van der Waals surface area contributed by atoms with Crippen molar-refractivity contribution in [1.29, 1.82) is 0 Å². The summed E-state index contributed by atoms with van der Waals surface area (Å²) in [4.78, 5) is 2.38. The second-order valence-electron chi connectivity index (χ2n) is 6.60. The molecule has 2 aliphatic rings. The van der Waals surface area contributed by atoms with Gasteiger partial charge < -0.3 is 9.64 Å². The van der Waals surface area contributed by atoms with Crippen LogP contribution >= 0.6 is 0 Å². The first-order valence-corrected chi connectivity index (χ1v) is 10.3. The van der Waals surface area contributed by atoms with Gasteiger partial charge in [0.25, 0.3) is 0 Å². The van der Waals surface area contributed by atoms with Gasteiger partial charge in [-0.15, -0.1) is 5.10 Å². The molecule has 26 heavy (non-hydrogen) atoms. The van der Waals surface area contributed by atoms with Gasteiger partial charge in [-0.1, -0.05) is 6.07 Å². The van der Waals surface area contributed by atoms with Gasteiger partial charge in [0.15, 0.2) is 5.82 Å². The fourth-order valence-corrected chi connectivity index (χ4v) is 5.00. The van der Waals surface area contributed by atoms with E-state index in [-0.39, 0.29) is 4.90 Å². The summed E-state index contributed by atoms with van der Waals surface area (Å²) in [5.41, 5.74) is 2.38. The summed E-state index contributed by atoms with van der Waals surface area (Å²) in [5.74, 6) is 1.39. The smallest absolute Gasteiger partial charge is 0.243 e. The second-order valence-corrected chi connectivity index (χ2v) is 8.54. The van der Waals surface area contributed by atoms with Gasteiger partial charge in [-0.05, 0) is 43.0 Å². The van der Waals surface area contributed by atoms with Crippen LogP contribution < -0.4 is 9.64 Å². The summed E-state index contributed by atoms with van der Waals surface area (Å²) >= 11 is 0. The Morgan fingerprint density at radius 3 is 2.62 bits per heavy atom. The molecule has 0 bridgehead atoms. The largest absolute Gasteiger partial charge is 0.497 e. The number of piperazine rings is 1. The Bertz CT molecular complexity index is 908. The summed E-state index contributed by atoms with van der Waals surface area (Å²) < 4.78 is 32.4. The minimum atomic E-state index is -3.52. The normalized spacial score (nSPS) is 18.0. The fourth-order valence-electron chi connectivity index (χ4n) is 3.54. The van der Waals surface area contributed by atoms with E-state index in [1.165, 1.54) is 17.0 Å². The van der Waals surface area contributed by atoms with E-state index in [2.05, 4.69) is 21.2 Å². The van der Waals surface area contributed by atoms with Crippen LogP contribution in [-0.2, 0) is 22.9 Å². The summed E-state index contributed by atoms with van der Waals surface area (Å²) in [6.45, 7) is 2.07. The molecule has 1 aliphatic heterocycles. The molecule has 0 radical (unpaired) electrons. The van der Waals surface area contributed by atoms with Crippen LogP contribution in [0.3, 0.4) is 0 Å². The lowest BCUT2D eigenvalue weighted by atomic mass is 10.2. The van der Waals surface area contributed by atoms with E-state index in [0.29, 0.717) is 31.9 Å². The van der Waals surface area contributed by atoms with Crippen LogP contribution in [0.5, 0.6) is 5.75 Å². The maximum atomic E-state index is 12.9. The predicted octanol–water partition coefficient (Wildman–Crippen LogP) is 1.48. The van der Waals surface area contributed by atoms with Gasteiger partial charge in [-0.2, -0.15) is 9.40 Å². The van der Waals surface area contributed by atoms with E-state index in [0.717, 1.165) is 30.8 Å². The number of methoxy groups -OCH3 is 1. The number of aromatic nitrogens is 2. The average Bonchev–Trinajstić information content (AvgIpc) is 3.16. The van der Waals surface area contributed by atoms with Crippen LogP contribution in [-0.4, -0.2) is 56.2 Å².